The van der Waals surface area contributed by atoms with Gasteiger partial charge in [0.25, 0.3) is 0 Å². The molecule has 1 aliphatic heterocycles. The summed E-state index contributed by atoms with van der Waals surface area (Å²) in [5, 5.41) is 2.62. The molecule has 2 heterocycles. The zero-order valence-electron chi connectivity index (χ0n) is 17.2. The second-order valence-electron chi connectivity index (χ2n) is 7.88. The van der Waals surface area contributed by atoms with Crippen LogP contribution < -0.4 is 15.9 Å². The number of imidazole rings is 1. The molecular formula is C27H21N2OP. The van der Waals surface area contributed by atoms with Crippen LogP contribution in [0.25, 0.3) is 27.8 Å². The molecule has 0 amide bonds. The van der Waals surface area contributed by atoms with E-state index in [4.69, 9.17) is 4.98 Å². The minimum atomic E-state index is -3.07. The summed E-state index contributed by atoms with van der Waals surface area (Å²) >= 11 is 0. The Bertz CT molecular complexity index is 1490. The van der Waals surface area contributed by atoms with Gasteiger partial charge in [-0.25, -0.2) is 4.98 Å². The van der Waals surface area contributed by atoms with Gasteiger partial charge >= 0.3 is 0 Å². The molecule has 1 aliphatic rings. The predicted molar refractivity (Wildman–Crippen MR) is 129 cm³/mol. The van der Waals surface area contributed by atoms with Gasteiger partial charge in [0.15, 0.2) is 7.14 Å². The van der Waals surface area contributed by atoms with Crippen LogP contribution in [0.15, 0.2) is 97.1 Å². The van der Waals surface area contributed by atoms with Crippen LogP contribution in [0.3, 0.4) is 0 Å². The predicted octanol–water partition coefficient (Wildman–Crippen LogP) is 5.21. The van der Waals surface area contributed by atoms with Crippen molar-refractivity contribution in [3.63, 3.8) is 0 Å². The molecule has 0 N–H and O–H groups in total. The van der Waals surface area contributed by atoms with Gasteiger partial charge < -0.3 is 4.57 Å². The van der Waals surface area contributed by atoms with Crippen LogP contribution in [-0.2, 0) is 11.0 Å². The number of para-hydroxylation sites is 1. The average molecular weight is 420 g/mol. The van der Waals surface area contributed by atoms with Crippen molar-refractivity contribution in [2.45, 2.75) is 13.3 Å². The molecule has 0 saturated heterocycles. The molecule has 0 fully saturated rings. The van der Waals surface area contributed by atoms with Crippen molar-refractivity contribution in [2.24, 2.45) is 0 Å². The minimum Gasteiger partial charge on any atom is -0.308 e. The Labute approximate surface area is 181 Å². The van der Waals surface area contributed by atoms with E-state index in [2.05, 4.69) is 41.8 Å². The molecule has 5 aromatic rings. The van der Waals surface area contributed by atoms with Crippen LogP contribution in [0, 0.1) is 0 Å². The smallest absolute Gasteiger partial charge is 0.175 e. The first-order valence-electron chi connectivity index (χ1n) is 10.6. The third kappa shape index (κ3) is 2.54. The molecule has 4 heteroatoms. The highest BCUT2D eigenvalue weighted by Crippen LogP contribution is 2.49. The van der Waals surface area contributed by atoms with Crippen molar-refractivity contribution in [3.05, 3.63) is 103 Å². The van der Waals surface area contributed by atoms with Crippen LogP contribution >= 0.6 is 7.14 Å². The molecule has 1 unspecified atom stereocenters. The first-order valence-corrected chi connectivity index (χ1v) is 12.3. The van der Waals surface area contributed by atoms with E-state index in [1.165, 1.54) is 0 Å². The van der Waals surface area contributed by atoms with E-state index in [0.717, 1.165) is 56.0 Å². The molecule has 0 spiro atoms. The Kier molecular flexibility index (Phi) is 4.03. The maximum atomic E-state index is 15.1. The molecule has 0 saturated carbocycles. The number of hydrogen-bond acceptors (Lipinski definition) is 2. The van der Waals surface area contributed by atoms with E-state index >= 15 is 4.57 Å². The molecule has 3 nitrogen and oxygen atoms in total. The highest BCUT2D eigenvalue weighted by atomic mass is 31.2. The summed E-state index contributed by atoms with van der Waals surface area (Å²) in [6, 6.07) is 32.6. The van der Waals surface area contributed by atoms with E-state index in [1.807, 2.05) is 66.7 Å². The lowest BCUT2D eigenvalue weighted by molar-refractivity contribution is 0.592. The summed E-state index contributed by atoms with van der Waals surface area (Å²) < 4.78 is 17.3. The van der Waals surface area contributed by atoms with E-state index in [0.29, 0.717) is 0 Å². The van der Waals surface area contributed by atoms with Gasteiger partial charge in [0.05, 0.1) is 16.7 Å². The molecule has 31 heavy (non-hydrogen) atoms. The number of hydrogen-bond donors (Lipinski definition) is 0. The lowest BCUT2D eigenvalue weighted by Crippen LogP contribution is -2.33. The minimum absolute atomic E-state index is 0.809. The van der Waals surface area contributed by atoms with Crippen molar-refractivity contribution in [3.8, 4) is 16.8 Å². The highest BCUT2D eigenvalue weighted by Gasteiger charge is 2.39. The zero-order chi connectivity index (χ0) is 21.0. The fraction of sp³-hybridized carbons (Fsp3) is 0.0741. The van der Waals surface area contributed by atoms with Crippen molar-refractivity contribution in [2.75, 3.05) is 0 Å². The van der Waals surface area contributed by atoms with Gasteiger partial charge in [0, 0.05) is 22.3 Å². The fourth-order valence-electron chi connectivity index (χ4n) is 4.73. The number of rotatable bonds is 3. The second-order valence-corrected chi connectivity index (χ2v) is 10.6. The van der Waals surface area contributed by atoms with Gasteiger partial charge in [0.2, 0.25) is 0 Å². The molecule has 1 atom stereocenters. The van der Waals surface area contributed by atoms with Gasteiger partial charge in [-0.3, -0.25) is 4.57 Å². The zero-order valence-corrected chi connectivity index (χ0v) is 18.1. The molecule has 0 radical (unpaired) electrons. The van der Waals surface area contributed by atoms with Crippen LogP contribution in [-0.4, -0.2) is 9.55 Å². The highest BCUT2D eigenvalue weighted by molar-refractivity contribution is 7.86. The third-order valence-electron chi connectivity index (χ3n) is 6.16. The summed E-state index contributed by atoms with van der Waals surface area (Å²) in [6.07, 6.45) is 0.809. The van der Waals surface area contributed by atoms with Crippen molar-refractivity contribution in [1.82, 2.24) is 9.55 Å². The first kappa shape index (κ1) is 18.4. The van der Waals surface area contributed by atoms with Crippen molar-refractivity contribution in [1.29, 1.82) is 0 Å². The standard InChI is InChI=1S/C27H21N2OP/c1-2-26-28-22-14-9-15-24-27(22)29(26)23-17-16-20(19-10-5-3-6-11-19)18-25(23)31(24,30)21-12-7-4-8-13-21/h3-18H,2H2,1H3. The molecule has 1 aromatic heterocycles. The normalized spacial score (nSPS) is 16.9. The number of aromatic nitrogens is 2. The topological polar surface area (TPSA) is 34.9 Å². The Morgan fingerprint density at radius 3 is 2.26 bits per heavy atom. The molecular weight excluding hydrogens is 399 g/mol. The van der Waals surface area contributed by atoms with Crippen LogP contribution in [0.1, 0.15) is 12.7 Å². The van der Waals surface area contributed by atoms with Gasteiger partial charge in [-0.15, -0.1) is 0 Å². The lowest BCUT2D eigenvalue weighted by Gasteiger charge is -2.29. The molecule has 0 aliphatic carbocycles. The number of nitrogens with zero attached hydrogens (tertiary/aromatic N) is 2. The summed E-state index contributed by atoms with van der Waals surface area (Å²) in [5.41, 5.74) is 5.05. The maximum Gasteiger partial charge on any atom is 0.175 e. The third-order valence-corrected chi connectivity index (χ3v) is 9.26. The van der Waals surface area contributed by atoms with Crippen LogP contribution in [0.4, 0.5) is 0 Å². The molecule has 6 rings (SSSR count). The molecule has 0 bridgehead atoms. The Balaban J connectivity index is 1.76. The molecule has 4 aromatic carbocycles. The SMILES string of the molecule is CCc1nc2cccc3c2n1-c1ccc(-c2ccccc2)cc1P3(=O)c1ccccc1. The van der Waals surface area contributed by atoms with Crippen LogP contribution in [0.2, 0.25) is 0 Å². The Morgan fingerprint density at radius 2 is 1.52 bits per heavy atom. The Morgan fingerprint density at radius 1 is 0.774 bits per heavy atom. The van der Waals surface area contributed by atoms with E-state index in [1.54, 1.807) is 0 Å². The van der Waals surface area contributed by atoms with E-state index < -0.39 is 7.14 Å². The van der Waals surface area contributed by atoms with Crippen LogP contribution in [0.5, 0.6) is 0 Å². The maximum absolute atomic E-state index is 15.1. The Hall–Kier alpha value is -3.42. The number of fused-ring (bicyclic) bond motifs is 2. The van der Waals surface area contributed by atoms with Crippen molar-refractivity contribution >= 4 is 34.1 Å². The summed E-state index contributed by atoms with van der Waals surface area (Å²) in [5.74, 6) is 0.996. The van der Waals surface area contributed by atoms with Crippen molar-refractivity contribution < 1.29 is 4.57 Å². The van der Waals surface area contributed by atoms with Gasteiger partial charge in [-0.05, 0) is 35.4 Å². The lowest BCUT2D eigenvalue weighted by atomic mass is 10.1. The summed E-state index contributed by atoms with van der Waals surface area (Å²) in [6.45, 7) is 2.12. The van der Waals surface area contributed by atoms with Gasteiger partial charge in [-0.2, -0.15) is 0 Å². The monoisotopic (exact) mass is 420 g/mol. The largest absolute Gasteiger partial charge is 0.308 e. The van der Waals surface area contributed by atoms with E-state index in [-0.39, 0.29) is 0 Å². The quantitative estimate of drug-likeness (QED) is 0.369. The van der Waals surface area contributed by atoms with Gasteiger partial charge in [0.1, 0.15) is 5.82 Å². The average Bonchev–Trinajstić information content (AvgIpc) is 3.23. The second kappa shape index (κ2) is 6.80. The first-order chi connectivity index (χ1) is 15.2. The fourth-order valence-corrected chi connectivity index (χ4v) is 7.76. The van der Waals surface area contributed by atoms with Gasteiger partial charge in [-0.1, -0.05) is 79.7 Å². The number of benzene rings is 4. The molecule has 150 valence electrons. The summed E-state index contributed by atoms with van der Waals surface area (Å²) in [4.78, 5) is 4.88. The summed E-state index contributed by atoms with van der Waals surface area (Å²) in [7, 11) is -3.07. The number of aryl methyl sites for hydroxylation is 1. The van der Waals surface area contributed by atoms with E-state index in [9.17, 15) is 0 Å².